The standard InChI is InChI=1S/C30H31N5O4S.C30H36N4O4S.C29H31BrN4O4S/c1-17(2)26(35-14-21-9-10-22(31-4)11-24(21)29(35)38)30(39)34-15-23(36)12-25(34)28(37)32-13-19-5-7-20(8-6-19)27-18(3)33-16-40-27;1-19-26(39-18-32-19)22-12-10-21(11-13-22)16-31-28(37)24-15-23(35)17-34(24)29(38)27(30(2,3)4)33-25(36)14-20-8-6-5-7-9-20;1-16(2)25(34-13-20-10-21(30)8-9-23(20)28(34)37)29(38)33-14-22(35)11-24(33)27(36)31-12-18-4-6-19(7-5-18)26-17(3)32-15-39-26/h5-11,16-17,23,25-26,36H,12-15H2,1-3H3,(H,32,37);5-13,18,23-24,27,35H,14-17H2,1-4H3,(H,31,37)(H,33,36);4-10,15-16,22,24-25,35H,11-14H2,1-3H3,(H,31,36)/t23-,25+,26+;23-,24+,27-;22-,24+,25+/m111/s1. The normalized spacial score (nSPS) is 18.9. The first kappa shape index (κ1) is 86.6. The Bertz CT molecular complexity index is 5220. The number of aromatic nitrogens is 3. The highest BCUT2D eigenvalue weighted by atomic mass is 79.9. The van der Waals surface area contributed by atoms with Crippen LogP contribution in [0.25, 0.3) is 36.2 Å². The number of carbonyl (C=O) groups excluding carboxylic acids is 9. The molecule has 0 saturated carbocycles. The molecule has 0 unspecified atom stereocenters. The number of carbonyl (C=O) groups is 9. The predicted molar refractivity (Wildman–Crippen MR) is 456 cm³/mol. The summed E-state index contributed by atoms with van der Waals surface area (Å²) in [5.41, 5.74) is 17.6. The molecular formula is C89H98BrN13O12S3. The van der Waals surface area contributed by atoms with Crippen LogP contribution in [-0.2, 0) is 72.7 Å². The van der Waals surface area contributed by atoms with Gasteiger partial charge in [-0.15, -0.1) is 34.0 Å². The maximum atomic E-state index is 13.9. The zero-order chi connectivity index (χ0) is 84.6. The molecule has 616 valence electrons. The smallest absolute Gasteiger partial charge is 0.255 e. The van der Waals surface area contributed by atoms with Crippen molar-refractivity contribution in [1.29, 1.82) is 0 Å². The van der Waals surface area contributed by atoms with E-state index in [9.17, 15) is 58.5 Å². The summed E-state index contributed by atoms with van der Waals surface area (Å²) in [4.78, 5) is 148. The molecule has 0 radical (unpaired) electrons. The van der Waals surface area contributed by atoms with Crippen molar-refractivity contribution in [1.82, 2.24) is 60.7 Å². The van der Waals surface area contributed by atoms with E-state index in [1.807, 2.05) is 201 Å². The van der Waals surface area contributed by atoms with Crippen molar-refractivity contribution >= 4 is 109 Å². The summed E-state index contributed by atoms with van der Waals surface area (Å²) in [6.45, 7) is 27.9. The number of nitrogens with one attached hydrogen (secondary N) is 4. The van der Waals surface area contributed by atoms with Crippen molar-refractivity contribution < 1.29 is 58.5 Å². The Labute approximate surface area is 707 Å². The van der Waals surface area contributed by atoms with Gasteiger partial charge in [-0.05, 0) is 112 Å². The van der Waals surface area contributed by atoms with Crippen LogP contribution in [0.1, 0.15) is 139 Å². The third-order valence-corrected chi connectivity index (χ3v) is 25.3. The third-order valence-electron chi connectivity index (χ3n) is 21.9. The van der Waals surface area contributed by atoms with E-state index >= 15 is 0 Å². The SMILES string of the molecule is Cc1ncsc1-c1ccc(CNC(=O)[C@@H]2C[C@@H](O)CN2C(=O)[C@@H](NC(=O)Cc2ccccc2)C(C)(C)C)cc1.Cc1ncsc1-c1ccc(CNC(=O)[C@@H]2C[C@@H](O)CN2C(=O)[C@H](C(C)C)N2Cc3cc(Br)ccc3C2=O)cc1.[C-]#[N+]c1ccc2c(c1)C(=O)N([C@H](C(=O)N1C[C@H](O)C[C@H]1C(=O)NCc1ccc(-c3scnc3C)cc1)C(C)C)C2. The molecule has 25 nitrogen and oxygen atoms in total. The molecule has 6 aromatic carbocycles. The molecule has 5 aliphatic heterocycles. The van der Waals surface area contributed by atoms with Gasteiger partial charge in [-0.2, -0.15) is 0 Å². The number of likely N-dealkylation sites (tertiary alicyclic amines) is 3. The van der Waals surface area contributed by atoms with E-state index in [1.54, 1.807) is 63.2 Å². The Kier molecular flexibility index (Phi) is 27.8. The van der Waals surface area contributed by atoms with Crippen molar-refractivity contribution in [3.63, 3.8) is 0 Å². The lowest BCUT2D eigenvalue weighted by Gasteiger charge is -2.35. The van der Waals surface area contributed by atoms with Crippen LogP contribution in [-0.4, -0.2) is 182 Å². The minimum Gasteiger partial charge on any atom is -0.391 e. The van der Waals surface area contributed by atoms with Crippen LogP contribution in [0.2, 0.25) is 0 Å². The fourth-order valence-electron chi connectivity index (χ4n) is 15.7. The topological polar surface area (TPSA) is 322 Å². The Morgan fingerprint density at radius 2 is 0.898 bits per heavy atom. The van der Waals surface area contributed by atoms with Crippen LogP contribution in [0, 0.1) is 44.6 Å². The molecule has 0 aliphatic carbocycles. The maximum Gasteiger partial charge on any atom is 0.255 e. The van der Waals surface area contributed by atoms with Crippen molar-refractivity contribution in [3.05, 3.63) is 234 Å². The molecule has 3 fully saturated rings. The van der Waals surface area contributed by atoms with Gasteiger partial charge in [0.25, 0.3) is 11.8 Å². The first-order chi connectivity index (χ1) is 56.3. The van der Waals surface area contributed by atoms with E-state index in [1.165, 1.54) is 19.6 Å². The molecule has 0 spiro atoms. The van der Waals surface area contributed by atoms with E-state index < -0.39 is 60.0 Å². The largest absolute Gasteiger partial charge is 0.391 e. The van der Waals surface area contributed by atoms with Gasteiger partial charge in [0.05, 0.1) is 79.5 Å². The van der Waals surface area contributed by atoms with Crippen molar-refractivity contribution in [2.45, 2.75) is 182 Å². The Hall–Kier alpha value is -10.7. The number of halogens is 1. The molecule has 3 saturated heterocycles. The van der Waals surface area contributed by atoms with E-state index in [0.29, 0.717) is 36.4 Å². The van der Waals surface area contributed by atoms with Crippen LogP contribution in [0.15, 0.2) is 161 Å². The number of benzene rings is 6. The molecule has 9 aromatic rings. The van der Waals surface area contributed by atoms with Gasteiger partial charge in [0.1, 0.15) is 36.3 Å². The molecule has 8 heterocycles. The summed E-state index contributed by atoms with van der Waals surface area (Å²) in [5, 5.41) is 43.0. The zero-order valence-electron chi connectivity index (χ0n) is 67.5. The van der Waals surface area contributed by atoms with E-state index in [0.717, 1.165) is 86.3 Å². The summed E-state index contributed by atoms with van der Waals surface area (Å²) >= 11 is 8.21. The first-order valence-electron chi connectivity index (χ1n) is 39.3. The van der Waals surface area contributed by atoms with Crippen molar-refractivity contribution in [2.24, 2.45) is 17.3 Å². The number of thiazole rings is 3. The van der Waals surface area contributed by atoms with E-state index in [2.05, 4.69) is 57.0 Å². The fourth-order valence-corrected chi connectivity index (χ4v) is 18.6. The number of aliphatic hydroxyl groups is 3. The molecule has 9 amide bonds. The number of hydrogen-bond donors (Lipinski definition) is 7. The summed E-state index contributed by atoms with van der Waals surface area (Å²) in [7, 11) is 0. The zero-order valence-corrected chi connectivity index (χ0v) is 71.5. The lowest BCUT2D eigenvalue weighted by molar-refractivity contribution is -0.144. The number of rotatable bonds is 22. The number of aryl methyl sites for hydroxylation is 3. The minimum absolute atomic E-state index is 0.0277. The lowest BCUT2D eigenvalue weighted by atomic mass is 9.85. The van der Waals surface area contributed by atoms with Crippen LogP contribution in [0.3, 0.4) is 0 Å². The van der Waals surface area contributed by atoms with E-state index in [-0.39, 0.29) is 123 Å². The molecule has 5 aliphatic rings. The fraction of sp³-hybridized carbons (Fsp3) is 0.382. The number of fused-ring (bicyclic) bond motifs is 2. The summed E-state index contributed by atoms with van der Waals surface area (Å²) in [6, 6.07) is 38.7. The average molecular weight is 1720 g/mol. The van der Waals surface area contributed by atoms with Crippen LogP contribution in [0.5, 0.6) is 0 Å². The van der Waals surface area contributed by atoms with Gasteiger partial charge >= 0.3 is 0 Å². The number of hydrogen-bond acceptors (Lipinski definition) is 18. The number of β-amino-alcohol motifs (C(OH)–C–C–N with tert-alkyl or cyclic N) is 3. The second-order valence-electron chi connectivity index (χ2n) is 32.3. The van der Waals surface area contributed by atoms with Gasteiger partial charge in [0, 0.05) is 87.2 Å². The molecule has 3 aromatic heterocycles. The summed E-state index contributed by atoms with van der Waals surface area (Å²) in [6.07, 6.45) is -1.86. The van der Waals surface area contributed by atoms with Crippen LogP contribution < -0.4 is 21.3 Å². The molecule has 118 heavy (non-hydrogen) atoms. The van der Waals surface area contributed by atoms with Crippen LogP contribution in [0.4, 0.5) is 5.69 Å². The van der Waals surface area contributed by atoms with Gasteiger partial charge in [0.2, 0.25) is 41.4 Å². The van der Waals surface area contributed by atoms with Crippen molar-refractivity contribution in [2.75, 3.05) is 19.6 Å². The van der Waals surface area contributed by atoms with Gasteiger partial charge in [-0.3, -0.25) is 43.2 Å². The third kappa shape index (κ3) is 20.2. The molecule has 29 heteroatoms. The van der Waals surface area contributed by atoms with Crippen molar-refractivity contribution in [3.8, 4) is 31.3 Å². The van der Waals surface area contributed by atoms with Gasteiger partial charge in [-0.25, -0.2) is 19.8 Å². The molecule has 7 N–H and O–H groups in total. The highest BCUT2D eigenvalue weighted by molar-refractivity contribution is 9.10. The molecule has 9 atom stereocenters. The Morgan fingerprint density at radius 1 is 0.508 bits per heavy atom. The molecule has 0 bridgehead atoms. The lowest BCUT2D eigenvalue weighted by Crippen LogP contribution is -2.58. The maximum absolute atomic E-state index is 13.9. The van der Waals surface area contributed by atoms with Crippen LogP contribution >= 0.6 is 49.9 Å². The number of nitrogens with zero attached hydrogens (tertiary/aromatic N) is 9. The second-order valence-corrected chi connectivity index (χ2v) is 35.7. The van der Waals surface area contributed by atoms with Gasteiger partial charge < -0.3 is 61.1 Å². The minimum atomic E-state index is -0.850. The monoisotopic (exact) mass is 1720 g/mol. The first-order valence-corrected chi connectivity index (χ1v) is 42.8. The number of amides is 9. The Balaban J connectivity index is 0.000000163. The summed E-state index contributed by atoms with van der Waals surface area (Å²) in [5.74, 6) is -3.20. The molecular weight excluding hydrogens is 1620 g/mol. The average Bonchev–Trinajstić information content (AvgIpc) is 1.54. The predicted octanol–water partition coefficient (Wildman–Crippen LogP) is 11.5. The summed E-state index contributed by atoms with van der Waals surface area (Å²) < 4.78 is 0.871. The van der Waals surface area contributed by atoms with Gasteiger partial charge in [-0.1, -0.05) is 180 Å². The van der Waals surface area contributed by atoms with Gasteiger partial charge in [0.15, 0.2) is 5.69 Å². The highest BCUT2D eigenvalue weighted by Gasteiger charge is 2.49. The Morgan fingerprint density at radius 3 is 1.27 bits per heavy atom. The number of aliphatic hydroxyl groups excluding tert-OH is 3. The highest BCUT2D eigenvalue weighted by Crippen LogP contribution is 2.37. The quantitative estimate of drug-likeness (QED) is 0.0310. The van der Waals surface area contributed by atoms with E-state index in [4.69, 9.17) is 6.57 Å². The second kappa shape index (κ2) is 37.9. The molecule has 14 rings (SSSR count).